The molecule has 0 N–H and O–H groups in total. The summed E-state index contributed by atoms with van der Waals surface area (Å²) in [4.78, 5) is 1.70. The highest BCUT2D eigenvalue weighted by Crippen LogP contribution is 2.29. The molecule has 3 aromatic rings. The van der Waals surface area contributed by atoms with E-state index in [0.717, 1.165) is 29.2 Å². The fourth-order valence-electron chi connectivity index (χ4n) is 4.43. The van der Waals surface area contributed by atoms with Crippen LogP contribution in [0.1, 0.15) is 18.1 Å². The minimum absolute atomic E-state index is 0.440. The first-order chi connectivity index (χ1) is 14.7. The third-order valence-corrected chi connectivity index (χ3v) is 14.7. The minimum Gasteiger partial charge on any atom is -0.437 e. The summed E-state index contributed by atoms with van der Waals surface area (Å²) in [5.74, 6) is 0.440. The van der Waals surface area contributed by atoms with Gasteiger partial charge < -0.3 is 8.23 Å². The maximum Gasteiger partial charge on any atom is 0.314 e. The Morgan fingerprint density at radius 3 is 1.94 bits per heavy atom. The second-order valence-corrected chi connectivity index (χ2v) is 23.9. The van der Waals surface area contributed by atoms with E-state index >= 15 is 0 Å². The van der Waals surface area contributed by atoms with Crippen molar-refractivity contribution in [3.63, 3.8) is 0 Å². The molecule has 0 saturated heterocycles. The van der Waals surface area contributed by atoms with E-state index in [1.165, 1.54) is 11.1 Å². The highest BCUT2D eigenvalue weighted by molar-refractivity contribution is 6.87. The number of rotatable bonds is 9. The summed E-state index contributed by atoms with van der Waals surface area (Å²) in [6, 6.07) is 16.8. The molecule has 32 heavy (non-hydrogen) atoms. The number of aryl methyl sites for hydroxylation is 1. The van der Waals surface area contributed by atoms with Gasteiger partial charge in [-0.15, -0.1) is 15.0 Å². The predicted octanol–water partition coefficient (Wildman–Crippen LogP) is 6.48. The smallest absolute Gasteiger partial charge is 0.314 e. The molecule has 0 aliphatic rings. The Kier molecular flexibility index (Phi) is 7.31. The lowest BCUT2D eigenvalue weighted by Crippen LogP contribution is -2.53. The molecule has 0 saturated carbocycles. The van der Waals surface area contributed by atoms with E-state index in [4.69, 9.17) is 8.23 Å². The van der Waals surface area contributed by atoms with Crippen LogP contribution >= 0.6 is 0 Å². The third kappa shape index (κ3) is 7.21. The topological polar surface area (TPSA) is 49.2 Å². The molecule has 0 spiro atoms. The van der Waals surface area contributed by atoms with Crippen LogP contribution in [0.25, 0.3) is 16.7 Å². The Morgan fingerprint density at radius 2 is 1.44 bits per heavy atom. The molecule has 1 unspecified atom stereocenters. The van der Waals surface area contributed by atoms with Crippen LogP contribution in [-0.4, -0.2) is 40.2 Å². The van der Waals surface area contributed by atoms with Gasteiger partial charge in [0.25, 0.3) is 0 Å². The fourth-order valence-corrected chi connectivity index (χ4v) is 17.4. The van der Waals surface area contributed by atoms with Crippen molar-refractivity contribution in [3.8, 4) is 5.69 Å². The van der Waals surface area contributed by atoms with Crippen LogP contribution < -0.4 is 0 Å². The lowest BCUT2D eigenvalue weighted by atomic mass is 10.0. The second kappa shape index (κ2) is 9.34. The molecule has 2 aromatic carbocycles. The first-order valence-electron chi connectivity index (χ1n) is 11.5. The Morgan fingerprint density at radius 1 is 0.906 bits per heavy atom. The Bertz CT molecular complexity index is 1020. The zero-order valence-electron chi connectivity index (χ0n) is 21.1. The van der Waals surface area contributed by atoms with Gasteiger partial charge in [0.15, 0.2) is 16.6 Å². The van der Waals surface area contributed by atoms with Gasteiger partial charge in [-0.1, -0.05) is 25.1 Å². The van der Waals surface area contributed by atoms with Crippen molar-refractivity contribution in [2.45, 2.75) is 72.1 Å². The van der Waals surface area contributed by atoms with E-state index in [9.17, 15) is 0 Å². The molecule has 1 radical (unpaired) electrons. The molecule has 1 heterocycles. The lowest BCUT2D eigenvalue weighted by Gasteiger charge is -2.39. The standard InChI is InChI=1S/C24H38N3O2Si3/c1-19-14-21(17-22(16-19)27-25-23-12-10-11-13-24(23)26-27)15-20(2)18-32(9,28-30(3,4)5)29-31(6,7)8/h10-14,16,20H,15,18H2,1-9H3. The van der Waals surface area contributed by atoms with Crippen molar-refractivity contribution in [1.29, 1.82) is 0 Å². The summed E-state index contributed by atoms with van der Waals surface area (Å²) in [6.07, 6.45) is 0.933. The van der Waals surface area contributed by atoms with Gasteiger partial charge in [-0.3, -0.25) is 0 Å². The summed E-state index contributed by atoms with van der Waals surface area (Å²) < 4.78 is 13.4. The Hall–Kier alpha value is -1.59. The van der Waals surface area contributed by atoms with E-state index in [0.29, 0.717) is 5.92 Å². The molecule has 5 nitrogen and oxygen atoms in total. The molecule has 0 amide bonds. The van der Waals surface area contributed by atoms with Crippen molar-refractivity contribution in [1.82, 2.24) is 15.0 Å². The van der Waals surface area contributed by atoms with Gasteiger partial charge in [0, 0.05) is 6.07 Å². The number of hydrogen-bond donors (Lipinski definition) is 0. The van der Waals surface area contributed by atoms with Gasteiger partial charge in [0.05, 0.1) is 5.69 Å². The van der Waals surface area contributed by atoms with Crippen LogP contribution in [0.4, 0.5) is 0 Å². The van der Waals surface area contributed by atoms with Gasteiger partial charge in [0.2, 0.25) is 0 Å². The second-order valence-electron chi connectivity index (χ2n) is 11.1. The monoisotopic (exact) mass is 484 g/mol. The summed E-state index contributed by atoms with van der Waals surface area (Å²) in [6.45, 7) is 20.3. The summed E-state index contributed by atoms with van der Waals surface area (Å²) in [5.41, 5.74) is 5.06. The van der Waals surface area contributed by atoms with Crippen molar-refractivity contribution in [2.75, 3.05) is 0 Å². The van der Waals surface area contributed by atoms with Crippen LogP contribution in [0.3, 0.4) is 0 Å². The molecule has 0 aliphatic carbocycles. The first-order valence-corrected chi connectivity index (χ1v) is 20.8. The quantitative estimate of drug-likeness (QED) is 0.326. The van der Waals surface area contributed by atoms with E-state index in [-0.39, 0.29) is 0 Å². The highest BCUT2D eigenvalue weighted by atomic mass is 28.5. The summed E-state index contributed by atoms with van der Waals surface area (Å²) in [7, 11) is -5.67. The average molecular weight is 485 g/mol. The largest absolute Gasteiger partial charge is 0.437 e. The number of hydrogen-bond acceptors (Lipinski definition) is 4. The van der Waals surface area contributed by atoms with Crippen molar-refractivity contribution in [3.05, 3.63) is 53.6 Å². The summed E-state index contributed by atoms with van der Waals surface area (Å²) >= 11 is 0. The van der Waals surface area contributed by atoms with E-state index in [1.54, 1.807) is 4.80 Å². The number of benzene rings is 2. The van der Waals surface area contributed by atoms with E-state index < -0.39 is 25.2 Å². The molecular formula is C24H38N3O2Si3. The van der Waals surface area contributed by atoms with Crippen molar-refractivity contribution in [2.24, 2.45) is 5.92 Å². The van der Waals surface area contributed by atoms with Gasteiger partial charge >= 0.3 is 8.56 Å². The average Bonchev–Trinajstić information content (AvgIpc) is 3.01. The van der Waals surface area contributed by atoms with Crippen LogP contribution in [0, 0.1) is 18.9 Å². The fraction of sp³-hybridized carbons (Fsp3) is 0.500. The maximum atomic E-state index is 6.72. The Balaban J connectivity index is 1.81. The zero-order valence-corrected chi connectivity index (χ0v) is 24.1. The number of aromatic nitrogens is 3. The first kappa shape index (κ1) is 25.0. The summed E-state index contributed by atoms with van der Waals surface area (Å²) in [5, 5.41) is 9.27. The molecular weight excluding hydrogens is 447 g/mol. The van der Waals surface area contributed by atoms with Crippen molar-refractivity contribution >= 4 is 36.2 Å². The molecule has 0 bridgehead atoms. The Labute approximate surface area is 196 Å². The maximum absolute atomic E-state index is 6.72. The van der Waals surface area contributed by atoms with Gasteiger partial charge in [0.1, 0.15) is 11.0 Å². The molecule has 1 aromatic heterocycles. The van der Waals surface area contributed by atoms with Crippen LogP contribution in [0.15, 0.2) is 36.4 Å². The zero-order chi connectivity index (χ0) is 23.7. The van der Waals surface area contributed by atoms with E-state index in [1.807, 2.05) is 24.3 Å². The molecule has 1 atom stereocenters. The molecule has 8 heteroatoms. The van der Waals surface area contributed by atoms with E-state index in [2.05, 4.69) is 88.1 Å². The van der Waals surface area contributed by atoms with Crippen LogP contribution in [-0.2, 0) is 14.7 Å². The molecule has 173 valence electrons. The number of nitrogens with zero attached hydrogens (tertiary/aromatic N) is 3. The SMILES string of the molecule is Cc1cc(CC(C)C[Si](C)(O[Si](C)(C)C)O[Si](C)(C)C)[c]c(-n2nc3ccccc3n2)c1. The molecule has 3 rings (SSSR count). The molecule has 0 aliphatic heterocycles. The van der Waals surface area contributed by atoms with Crippen molar-refractivity contribution < 1.29 is 8.23 Å². The van der Waals surface area contributed by atoms with Gasteiger partial charge in [-0.05, 0) is 100 Å². The predicted molar refractivity (Wildman–Crippen MR) is 141 cm³/mol. The molecule has 0 fully saturated rings. The normalized spacial score (nSPS) is 14.2. The van der Waals surface area contributed by atoms with Crippen LogP contribution in [0.5, 0.6) is 0 Å². The van der Waals surface area contributed by atoms with Gasteiger partial charge in [-0.2, -0.15) is 0 Å². The number of fused-ring (bicyclic) bond motifs is 1. The van der Waals surface area contributed by atoms with Gasteiger partial charge in [-0.25, -0.2) is 0 Å². The highest BCUT2D eigenvalue weighted by Gasteiger charge is 2.41. The third-order valence-electron chi connectivity index (χ3n) is 4.89. The van der Waals surface area contributed by atoms with Crippen LogP contribution in [0.2, 0.25) is 51.9 Å². The minimum atomic E-state index is -2.27. The lowest BCUT2D eigenvalue weighted by molar-refractivity contribution is 0.369.